The number of amides is 2. The van der Waals surface area contributed by atoms with Crippen LogP contribution in [0.25, 0.3) is 0 Å². The Bertz CT molecular complexity index is 890. The van der Waals surface area contributed by atoms with Crippen molar-refractivity contribution in [2.45, 2.75) is 38.1 Å². The van der Waals surface area contributed by atoms with Crippen LogP contribution < -0.4 is 34.4 Å². The molecule has 2 amide bonds. The van der Waals surface area contributed by atoms with E-state index in [2.05, 4.69) is 0 Å². The van der Waals surface area contributed by atoms with Crippen LogP contribution in [0.5, 0.6) is 0 Å². The molecule has 12 N–H and O–H groups in total. The predicted octanol–water partition coefficient (Wildman–Crippen LogP) is 0.559. The average molecular weight is 445 g/mol. The van der Waals surface area contributed by atoms with Crippen LogP contribution >= 0.6 is 0 Å². The van der Waals surface area contributed by atoms with Crippen molar-refractivity contribution in [3.63, 3.8) is 0 Å². The molecule has 0 fully saturated rings. The van der Waals surface area contributed by atoms with E-state index in [0.717, 1.165) is 0 Å². The van der Waals surface area contributed by atoms with Gasteiger partial charge in [0.15, 0.2) is 0 Å². The van der Waals surface area contributed by atoms with E-state index < -0.39 is 36.1 Å². The summed E-state index contributed by atoms with van der Waals surface area (Å²) in [5.41, 5.74) is 38.3. The molecule has 32 heavy (non-hydrogen) atoms. The number of anilines is 2. The van der Waals surface area contributed by atoms with Gasteiger partial charge in [-0.3, -0.25) is 9.59 Å². The quantitative estimate of drug-likeness (QED) is 0.269. The molecule has 0 saturated heterocycles. The van der Waals surface area contributed by atoms with Crippen LogP contribution in [0, 0.1) is 0 Å². The van der Waals surface area contributed by atoms with Crippen molar-refractivity contribution in [1.29, 1.82) is 0 Å². The van der Waals surface area contributed by atoms with Gasteiger partial charge in [0.05, 0.1) is 12.1 Å². The van der Waals surface area contributed by atoms with Crippen molar-refractivity contribution in [2.24, 2.45) is 22.9 Å². The summed E-state index contributed by atoms with van der Waals surface area (Å²) < 4.78 is 11.9. The van der Waals surface area contributed by atoms with Crippen molar-refractivity contribution in [3.8, 4) is 0 Å². The largest absolute Gasteiger partial charge is 0.398 e. The molecule has 0 saturated carbocycles. The van der Waals surface area contributed by atoms with Crippen molar-refractivity contribution in [2.75, 3.05) is 24.7 Å². The second-order valence-corrected chi connectivity index (χ2v) is 7.31. The molecule has 2 rings (SSSR count). The van der Waals surface area contributed by atoms with Gasteiger partial charge in [-0.2, -0.15) is 0 Å². The van der Waals surface area contributed by atoms with Crippen molar-refractivity contribution < 1.29 is 19.1 Å². The fourth-order valence-corrected chi connectivity index (χ4v) is 3.61. The molecule has 4 atom stereocenters. The summed E-state index contributed by atoms with van der Waals surface area (Å²) in [6.45, 7) is 4.32. The molecule has 10 nitrogen and oxygen atoms in total. The van der Waals surface area contributed by atoms with Crippen LogP contribution in [0.2, 0.25) is 0 Å². The standard InChI is InChI=1S/C22H32N6O4/c1-3-31-19(17(25)13-7-5-11(21(27)29)9-15(13)23)20(32-4-2)18(26)14-8-6-12(22(28)30)10-16(14)24/h5-10,17-20H,3-4,23-26H2,1-2H3,(H2,27,29)(H2,28,30)/t17?,18?,19-,20-/m0/s1. The molecule has 0 bridgehead atoms. The predicted molar refractivity (Wildman–Crippen MR) is 123 cm³/mol. The number of hydrogen-bond donors (Lipinski definition) is 6. The van der Waals surface area contributed by atoms with Gasteiger partial charge in [-0.25, -0.2) is 0 Å². The lowest BCUT2D eigenvalue weighted by molar-refractivity contribution is -0.0884. The summed E-state index contributed by atoms with van der Waals surface area (Å²) in [5, 5.41) is 0. The number of nitrogens with two attached hydrogens (primary N) is 6. The minimum atomic E-state index is -0.731. The average Bonchev–Trinajstić information content (AvgIpc) is 2.75. The zero-order valence-electron chi connectivity index (χ0n) is 18.3. The second kappa shape index (κ2) is 10.9. The zero-order valence-corrected chi connectivity index (χ0v) is 18.3. The Hall–Kier alpha value is -3.18. The molecule has 10 heteroatoms. The van der Waals surface area contributed by atoms with Crippen LogP contribution in [0.3, 0.4) is 0 Å². The summed E-state index contributed by atoms with van der Waals surface area (Å²) >= 11 is 0. The second-order valence-electron chi connectivity index (χ2n) is 7.31. The van der Waals surface area contributed by atoms with Gasteiger partial charge in [-0.05, 0) is 49.2 Å². The Morgan fingerprint density at radius 1 is 0.750 bits per heavy atom. The van der Waals surface area contributed by atoms with Gasteiger partial charge >= 0.3 is 0 Å². The first-order valence-corrected chi connectivity index (χ1v) is 10.2. The molecule has 0 aliphatic carbocycles. The van der Waals surface area contributed by atoms with Gasteiger partial charge in [0.1, 0.15) is 12.2 Å². The molecule has 174 valence electrons. The van der Waals surface area contributed by atoms with Crippen LogP contribution in [0.4, 0.5) is 11.4 Å². The third-order valence-corrected chi connectivity index (χ3v) is 5.21. The number of nitrogen functional groups attached to an aromatic ring is 2. The first kappa shape index (κ1) is 25.1. The highest BCUT2D eigenvalue weighted by Gasteiger charge is 2.36. The molecular weight excluding hydrogens is 412 g/mol. The lowest BCUT2D eigenvalue weighted by atomic mass is 9.89. The van der Waals surface area contributed by atoms with Gasteiger partial charge in [0.25, 0.3) is 0 Å². The lowest BCUT2D eigenvalue weighted by Gasteiger charge is -2.35. The van der Waals surface area contributed by atoms with E-state index in [1.807, 2.05) is 13.8 Å². The summed E-state index contributed by atoms with van der Waals surface area (Å²) in [5.74, 6) is -1.19. The highest BCUT2D eigenvalue weighted by molar-refractivity contribution is 5.94. The topological polar surface area (TPSA) is 209 Å². The summed E-state index contributed by atoms with van der Waals surface area (Å²) in [6.07, 6.45) is -1.40. The van der Waals surface area contributed by atoms with Crippen LogP contribution in [0.1, 0.15) is 57.8 Å². The van der Waals surface area contributed by atoms with Crippen LogP contribution in [0.15, 0.2) is 36.4 Å². The maximum Gasteiger partial charge on any atom is 0.248 e. The van der Waals surface area contributed by atoms with E-state index in [9.17, 15) is 9.59 Å². The number of benzene rings is 2. The maximum atomic E-state index is 11.4. The molecule has 2 unspecified atom stereocenters. The number of primary amides is 2. The number of carbonyl (C=O) groups excluding carboxylic acids is 2. The third kappa shape index (κ3) is 5.54. The normalized spacial score (nSPS) is 15.0. The Kier molecular flexibility index (Phi) is 8.56. The van der Waals surface area contributed by atoms with E-state index in [1.54, 1.807) is 24.3 Å². The molecule has 0 spiro atoms. The number of hydrogen-bond acceptors (Lipinski definition) is 8. The molecule has 0 radical (unpaired) electrons. The molecule has 0 aliphatic heterocycles. The van der Waals surface area contributed by atoms with Gasteiger partial charge in [0.2, 0.25) is 11.8 Å². The molecule has 2 aromatic rings. The Labute approximate surface area is 187 Å². The Morgan fingerprint density at radius 2 is 1.09 bits per heavy atom. The lowest BCUT2D eigenvalue weighted by Crippen LogP contribution is -2.46. The Balaban J connectivity index is 2.45. The Morgan fingerprint density at radius 3 is 1.34 bits per heavy atom. The summed E-state index contributed by atoms with van der Waals surface area (Å²) in [6, 6.07) is 7.84. The van der Waals surface area contributed by atoms with Gasteiger partial charge in [0, 0.05) is 35.7 Å². The van der Waals surface area contributed by atoms with Gasteiger partial charge in [-0.1, -0.05) is 12.1 Å². The van der Waals surface area contributed by atoms with E-state index in [1.165, 1.54) is 12.1 Å². The molecule has 0 heterocycles. The van der Waals surface area contributed by atoms with Gasteiger partial charge < -0.3 is 43.9 Å². The number of ether oxygens (including phenoxy) is 2. The van der Waals surface area contributed by atoms with Gasteiger partial charge in [-0.15, -0.1) is 0 Å². The van der Waals surface area contributed by atoms with E-state index in [0.29, 0.717) is 35.7 Å². The smallest absolute Gasteiger partial charge is 0.248 e. The highest BCUT2D eigenvalue weighted by atomic mass is 16.5. The van der Waals surface area contributed by atoms with Crippen molar-refractivity contribution >= 4 is 23.2 Å². The SMILES string of the molecule is CCO[C@@H](C(N)c1ccc(C(N)=O)cc1N)[C@@H](OCC)C(N)c1ccc(C(N)=O)cc1N. The molecular formula is C22H32N6O4. The summed E-state index contributed by atoms with van der Waals surface area (Å²) in [4.78, 5) is 22.9. The van der Waals surface area contributed by atoms with Crippen molar-refractivity contribution in [1.82, 2.24) is 0 Å². The van der Waals surface area contributed by atoms with Crippen LogP contribution in [-0.2, 0) is 9.47 Å². The summed E-state index contributed by atoms with van der Waals surface area (Å²) in [7, 11) is 0. The van der Waals surface area contributed by atoms with E-state index >= 15 is 0 Å². The van der Waals surface area contributed by atoms with E-state index in [4.69, 9.17) is 43.9 Å². The number of rotatable bonds is 11. The molecule has 0 aliphatic rings. The number of carbonyl (C=O) groups is 2. The fraction of sp³-hybridized carbons (Fsp3) is 0.364. The fourth-order valence-electron chi connectivity index (χ4n) is 3.61. The van der Waals surface area contributed by atoms with Crippen LogP contribution in [-0.4, -0.2) is 37.2 Å². The van der Waals surface area contributed by atoms with E-state index in [-0.39, 0.29) is 11.1 Å². The van der Waals surface area contributed by atoms with Crippen molar-refractivity contribution in [3.05, 3.63) is 58.7 Å². The molecule has 2 aromatic carbocycles. The minimum absolute atomic E-state index is 0.270. The first-order chi connectivity index (χ1) is 15.1. The monoisotopic (exact) mass is 444 g/mol. The minimum Gasteiger partial charge on any atom is -0.398 e. The third-order valence-electron chi connectivity index (χ3n) is 5.21. The molecule has 0 aromatic heterocycles. The highest BCUT2D eigenvalue weighted by Crippen LogP contribution is 2.33. The zero-order chi connectivity index (χ0) is 24.0. The maximum absolute atomic E-state index is 11.4. The first-order valence-electron chi connectivity index (χ1n) is 10.2.